The minimum absolute atomic E-state index is 0.331. The highest BCUT2D eigenvalue weighted by molar-refractivity contribution is 5.52. The SMILES string of the molecule is Cc1ccccc1N=Nc1c(C)nc2ccc(F)cn12. The van der Waals surface area contributed by atoms with Gasteiger partial charge in [0, 0.05) is 6.20 Å². The molecule has 0 bridgehead atoms. The average Bonchev–Trinajstić information content (AvgIpc) is 2.73. The number of benzene rings is 1. The molecule has 0 saturated carbocycles. The third-order valence-electron chi connectivity index (χ3n) is 3.09. The topological polar surface area (TPSA) is 42.0 Å². The molecule has 0 radical (unpaired) electrons. The highest BCUT2D eigenvalue weighted by atomic mass is 19.1. The van der Waals surface area contributed by atoms with Gasteiger partial charge in [0.15, 0.2) is 5.82 Å². The quantitative estimate of drug-likeness (QED) is 0.631. The average molecular weight is 268 g/mol. The van der Waals surface area contributed by atoms with Crippen molar-refractivity contribution in [3.05, 3.63) is 59.7 Å². The molecule has 0 N–H and O–H groups in total. The van der Waals surface area contributed by atoms with Crippen molar-refractivity contribution in [2.75, 3.05) is 0 Å². The number of aromatic nitrogens is 2. The Bertz CT molecular complexity index is 805. The van der Waals surface area contributed by atoms with E-state index in [1.807, 2.05) is 38.1 Å². The number of imidazole rings is 1. The molecule has 0 spiro atoms. The van der Waals surface area contributed by atoms with Gasteiger partial charge in [-0.25, -0.2) is 9.37 Å². The number of fused-ring (bicyclic) bond motifs is 1. The first-order chi connectivity index (χ1) is 9.65. The summed E-state index contributed by atoms with van der Waals surface area (Å²) in [4.78, 5) is 4.33. The summed E-state index contributed by atoms with van der Waals surface area (Å²) in [6.07, 6.45) is 1.36. The Morgan fingerprint density at radius 1 is 1.05 bits per heavy atom. The van der Waals surface area contributed by atoms with Crippen LogP contribution in [0.2, 0.25) is 0 Å². The van der Waals surface area contributed by atoms with Gasteiger partial charge in [-0.1, -0.05) is 18.2 Å². The van der Waals surface area contributed by atoms with Crippen LogP contribution < -0.4 is 0 Å². The van der Waals surface area contributed by atoms with Crippen LogP contribution in [0.15, 0.2) is 52.8 Å². The van der Waals surface area contributed by atoms with Gasteiger partial charge in [-0.15, -0.1) is 10.2 Å². The monoisotopic (exact) mass is 268 g/mol. The molecule has 2 aromatic heterocycles. The lowest BCUT2D eigenvalue weighted by Crippen LogP contribution is -1.85. The first-order valence-electron chi connectivity index (χ1n) is 6.27. The Morgan fingerprint density at radius 3 is 2.65 bits per heavy atom. The molecule has 3 rings (SSSR count). The van der Waals surface area contributed by atoms with E-state index >= 15 is 0 Å². The molecule has 0 aliphatic heterocycles. The van der Waals surface area contributed by atoms with Crippen molar-refractivity contribution in [2.24, 2.45) is 10.2 Å². The molecule has 0 atom stereocenters. The molecule has 4 nitrogen and oxygen atoms in total. The second-order valence-electron chi connectivity index (χ2n) is 4.58. The fraction of sp³-hybridized carbons (Fsp3) is 0.133. The molecule has 0 fully saturated rings. The van der Waals surface area contributed by atoms with Crippen molar-refractivity contribution in [3.8, 4) is 0 Å². The van der Waals surface area contributed by atoms with Crippen molar-refractivity contribution in [1.82, 2.24) is 9.38 Å². The van der Waals surface area contributed by atoms with Crippen LogP contribution in [0.3, 0.4) is 0 Å². The minimum atomic E-state index is -0.331. The molecule has 0 unspecified atom stereocenters. The second-order valence-corrected chi connectivity index (χ2v) is 4.58. The van der Waals surface area contributed by atoms with Gasteiger partial charge in [0.1, 0.15) is 11.5 Å². The predicted octanol–water partition coefficient (Wildman–Crippen LogP) is 4.51. The number of azo groups is 1. The first-order valence-corrected chi connectivity index (χ1v) is 6.27. The number of nitrogens with zero attached hydrogens (tertiary/aromatic N) is 4. The normalized spacial score (nSPS) is 11.6. The molecule has 5 heteroatoms. The van der Waals surface area contributed by atoms with Gasteiger partial charge >= 0.3 is 0 Å². The Balaban J connectivity index is 2.09. The molecular formula is C15H13FN4. The maximum absolute atomic E-state index is 13.3. The summed E-state index contributed by atoms with van der Waals surface area (Å²) in [5, 5.41) is 8.46. The number of rotatable bonds is 2. The van der Waals surface area contributed by atoms with E-state index in [4.69, 9.17) is 0 Å². The summed E-state index contributed by atoms with van der Waals surface area (Å²) in [5.74, 6) is 0.213. The molecule has 0 aliphatic carbocycles. The minimum Gasteiger partial charge on any atom is -0.280 e. The Kier molecular flexibility index (Phi) is 3.02. The summed E-state index contributed by atoms with van der Waals surface area (Å²) >= 11 is 0. The van der Waals surface area contributed by atoms with Crippen LogP contribution in [-0.2, 0) is 0 Å². The number of halogens is 1. The zero-order valence-corrected chi connectivity index (χ0v) is 11.2. The smallest absolute Gasteiger partial charge is 0.182 e. The Hall–Kier alpha value is -2.56. The van der Waals surface area contributed by atoms with E-state index in [2.05, 4.69) is 15.2 Å². The zero-order chi connectivity index (χ0) is 14.1. The largest absolute Gasteiger partial charge is 0.280 e. The Morgan fingerprint density at radius 2 is 1.85 bits per heavy atom. The molecule has 1 aromatic carbocycles. The lowest BCUT2D eigenvalue weighted by molar-refractivity contribution is 0.619. The van der Waals surface area contributed by atoms with Gasteiger partial charge in [-0.3, -0.25) is 4.40 Å². The zero-order valence-electron chi connectivity index (χ0n) is 11.2. The summed E-state index contributed by atoms with van der Waals surface area (Å²) in [6, 6.07) is 10.7. The van der Waals surface area contributed by atoms with Crippen LogP contribution in [0.1, 0.15) is 11.3 Å². The molecule has 0 saturated heterocycles. The van der Waals surface area contributed by atoms with Crippen LogP contribution in [0, 0.1) is 19.7 Å². The van der Waals surface area contributed by atoms with E-state index in [0.717, 1.165) is 11.3 Å². The summed E-state index contributed by atoms with van der Waals surface area (Å²) < 4.78 is 14.9. The Labute approximate surface area is 115 Å². The summed E-state index contributed by atoms with van der Waals surface area (Å²) in [7, 11) is 0. The lowest BCUT2D eigenvalue weighted by atomic mass is 10.2. The molecule has 100 valence electrons. The summed E-state index contributed by atoms with van der Waals surface area (Å²) in [6.45, 7) is 3.80. The second kappa shape index (κ2) is 4.85. The van der Waals surface area contributed by atoms with Crippen LogP contribution in [-0.4, -0.2) is 9.38 Å². The van der Waals surface area contributed by atoms with E-state index < -0.39 is 0 Å². The molecule has 3 aromatic rings. The molecule has 0 aliphatic rings. The maximum atomic E-state index is 13.3. The van der Waals surface area contributed by atoms with Gasteiger partial charge in [-0.2, -0.15) is 0 Å². The van der Waals surface area contributed by atoms with E-state index in [1.54, 1.807) is 10.5 Å². The van der Waals surface area contributed by atoms with E-state index in [0.29, 0.717) is 17.2 Å². The van der Waals surface area contributed by atoms with Gasteiger partial charge in [0.2, 0.25) is 0 Å². The van der Waals surface area contributed by atoms with Crippen LogP contribution in [0.25, 0.3) is 5.65 Å². The lowest BCUT2D eigenvalue weighted by Gasteiger charge is -1.98. The number of hydrogen-bond donors (Lipinski definition) is 0. The standard InChI is InChI=1S/C15H13FN4/c1-10-5-3-4-6-13(10)18-19-15-11(2)17-14-8-7-12(16)9-20(14)15/h3-9H,1-2H3. The number of hydrogen-bond acceptors (Lipinski definition) is 3. The van der Waals surface area contributed by atoms with Crippen LogP contribution in [0.5, 0.6) is 0 Å². The third kappa shape index (κ3) is 2.18. The van der Waals surface area contributed by atoms with Gasteiger partial charge < -0.3 is 0 Å². The maximum Gasteiger partial charge on any atom is 0.182 e. The van der Waals surface area contributed by atoms with E-state index in [1.165, 1.54) is 12.3 Å². The fourth-order valence-electron chi connectivity index (χ4n) is 2.02. The van der Waals surface area contributed by atoms with Crippen molar-refractivity contribution in [3.63, 3.8) is 0 Å². The van der Waals surface area contributed by atoms with Crippen molar-refractivity contribution < 1.29 is 4.39 Å². The number of pyridine rings is 1. The molecule has 0 amide bonds. The van der Waals surface area contributed by atoms with E-state index in [9.17, 15) is 4.39 Å². The van der Waals surface area contributed by atoms with Gasteiger partial charge in [0.25, 0.3) is 0 Å². The predicted molar refractivity (Wildman–Crippen MR) is 75.2 cm³/mol. The van der Waals surface area contributed by atoms with Crippen LogP contribution >= 0.6 is 0 Å². The van der Waals surface area contributed by atoms with Crippen molar-refractivity contribution in [2.45, 2.75) is 13.8 Å². The van der Waals surface area contributed by atoms with Crippen molar-refractivity contribution >= 4 is 17.2 Å². The number of aryl methyl sites for hydroxylation is 2. The van der Waals surface area contributed by atoms with Gasteiger partial charge in [0.05, 0.1) is 11.4 Å². The first kappa shape index (κ1) is 12.5. The highest BCUT2D eigenvalue weighted by Gasteiger charge is 2.08. The van der Waals surface area contributed by atoms with Crippen molar-refractivity contribution in [1.29, 1.82) is 0 Å². The fourth-order valence-corrected chi connectivity index (χ4v) is 2.02. The molecule has 20 heavy (non-hydrogen) atoms. The van der Waals surface area contributed by atoms with Crippen LogP contribution in [0.4, 0.5) is 15.9 Å². The highest BCUT2D eigenvalue weighted by Crippen LogP contribution is 2.25. The molecular weight excluding hydrogens is 255 g/mol. The molecule has 2 heterocycles. The van der Waals surface area contributed by atoms with Gasteiger partial charge in [-0.05, 0) is 37.6 Å². The van der Waals surface area contributed by atoms with E-state index in [-0.39, 0.29) is 5.82 Å². The third-order valence-corrected chi connectivity index (χ3v) is 3.09. The summed E-state index contributed by atoms with van der Waals surface area (Å²) in [5.41, 5.74) is 3.20.